The van der Waals surface area contributed by atoms with Crippen molar-refractivity contribution in [1.82, 2.24) is 15.2 Å². The zero-order valence-corrected chi connectivity index (χ0v) is 39.9. The van der Waals surface area contributed by atoms with Gasteiger partial charge in [-0.25, -0.2) is 14.6 Å². The fourth-order valence-corrected chi connectivity index (χ4v) is 9.95. The molecule has 0 unspecified atom stereocenters. The first-order chi connectivity index (χ1) is 29.3. The van der Waals surface area contributed by atoms with Crippen molar-refractivity contribution in [1.29, 1.82) is 0 Å². The van der Waals surface area contributed by atoms with E-state index in [2.05, 4.69) is 16.9 Å². The minimum absolute atomic E-state index is 0.0449. The van der Waals surface area contributed by atoms with Crippen molar-refractivity contribution in [3.63, 3.8) is 0 Å². The highest BCUT2D eigenvalue weighted by molar-refractivity contribution is 8.77. The van der Waals surface area contributed by atoms with E-state index in [1.165, 1.54) is 65.9 Å². The van der Waals surface area contributed by atoms with Crippen molar-refractivity contribution in [3.8, 4) is 0 Å². The molecule has 63 heavy (non-hydrogen) atoms. The second-order valence-corrected chi connectivity index (χ2v) is 20.7. The maximum absolute atomic E-state index is 14.3. The SMILES string of the molecule is C=C1N[C@]2(O)C[C@](C)(O1)[C@@H](C)[C@@H]1O[C@@]1(C)[C@@H](OC(=O)[C@H](C)N(C)C(=O)OCC(C)(C)SSc1ccc([N+](=O)[O-])cn1)CC(=O)N(C)c1cc(cc(C)c1Cl)C/C(C)=C/C=C/[C@H]2OC. The number of carbonyl (C=O) groups is 3. The number of aliphatic hydroxyl groups is 1. The smallest absolute Gasteiger partial charge is 0.410 e. The molecule has 4 heterocycles. The van der Waals surface area contributed by atoms with Gasteiger partial charge in [0, 0.05) is 39.6 Å². The molecule has 3 aliphatic heterocycles. The number of anilines is 1. The second-order valence-electron chi connectivity index (χ2n) is 17.5. The van der Waals surface area contributed by atoms with Gasteiger partial charge in [-0.15, -0.1) is 0 Å². The van der Waals surface area contributed by atoms with Crippen LogP contribution in [0.25, 0.3) is 0 Å². The van der Waals surface area contributed by atoms with Crippen LogP contribution in [0.4, 0.5) is 16.2 Å². The molecular weight excluding hydrogens is 874 g/mol. The highest BCUT2D eigenvalue weighted by atomic mass is 35.5. The molecule has 0 aliphatic carbocycles. The summed E-state index contributed by atoms with van der Waals surface area (Å²) in [4.78, 5) is 58.9. The van der Waals surface area contributed by atoms with Crippen LogP contribution in [-0.4, -0.2) is 112 Å². The van der Waals surface area contributed by atoms with E-state index in [-0.39, 0.29) is 31.0 Å². The van der Waals surface area contributed by atoms with E-state index in [9.17, 15) is 29.6 Å². The molecule has 1 aromatic carbocycles. The third kappa shape index (κ3) is 11.5. The number of pyridine rings is 1. The molecule has 19 heteroatoms. The average Bonchev–Trinajstić information content (AvgIpc) is 3.91. The van der Waals surface area contributed by atoms with Crippen LogP contribution in [0.3, 0.4) is 0 Å². The Morgan fingerprint density at radius 1 is 1.27 bits per heavy atom. The molecule has 0 saturated carbocycles. The van der Waals surface area contributed by atoms with E-state index < -0.39 is 74.8 Å². The number of hydrogen-bond acceptors (Lipinski definition) is 15. The Labute approximate surface area is 381 Å². The van der Waals surface area contributed by atoms with E-state index in [0.29, 0.717) is 22.2 Å². The number of nitrogens with one attached hydrogen (secondary N) is 1. The van der Waals surface area contributed by atoms with Gasteiger partial charge in [0.25, 0.3) is 5.69 Å². The molecular formula is C44H58ClN5O11S2. The number of aromatic nitrogens is 1. The standard InChI is InChI=1S/C44H58ClN5O11S2/c1-25-14-13-15-33(57-12)44(54)23-42(8,60-29(5)47-44)27(3)38-43(9,61-38)34(21-36(51)49(11)32-20-30(18-25)19-26(2)37(32)45)59-39(52)28(4)48(10)40(53)58-24-41(6,7)63-62-35-17-16-31(22-46-35)50(55)56/h13-17,19-20,22,27-28,33-34,38,47,54H,5,18,21,23-24H2,1-4,6-12H3/b15-13+,25-14+/t27-,28-,33+,34-,38-,42-,43-,44-/m0/s1. The predicted molar refractivity (Wildman–Crippen MR) is 242 cm³/mol. The molecule has 0 spiro atoms. The van der Waals surface area contributed by atoms with Crippen LogP contribution in [0, 0.1) is 23.0 Å². The van der Waals surface area contributed by atoms with Gasteiger partial charge in [-0.3, -0.25) is 19.8 Å². The predicted octanol–water partition coefficient (Wildman–Crippen LogP) is 7.69. The van der Waals surface area contributed by atoms with E-state index in [1.54, 1.807) is 20.0 Å². The van der Waals surface area contributed by atoms with Gasteiger partial charge in [-0.05, 0) is 95.5 Å². The number of epoxide rings is 1. The minimum Gasteiger partial charge on any atom is -0.473 e. The third-order valence-electron chi connectivity index (χ3n) is 11.8. The van der Waals surface area contributed by atoms with Crippen LogP contribution in [0.1, 0.15) is 72.4 Å². The lowest BCUT2D eigenvalue weighted by Crippen LogP contribution is -2.64. The summed E-state index contributed by atoms with van der Waals surface area (Å²) in [5, 5.41) is 27.0. The second kappa shape index (κ2) is 19.4. The fraction of sp³-hybridized carbons (Fsp3) is 0.545. The lowest BCUT2D eigenvalue weighted by molar-refractivity contribution is -0.385. The highest BCUT2D eigenvalue weighted by Gasteiger charge is 2.66. The zero-order valence-electron chi connectivity index (χ0n) is 37.6. The molecule has 16 nitrogen and oxygen atoms in total. The van der Waals surface area contributed by atoms with Crippen molar-refractivity contribution in [2.75, 3.05) is 32.7 Å². The van der Waals surface area contributed by atoms with Crippen LogP contribution >= 0.6 is 33.2 Å². The quantitative estimate of drug-likeness (QED) is 0.0773. The summed E-state index contributed by atoms with van der Waals surface area (Å²) in [5.74, 6) is -1.54. The molecule has 8 atom stereocenters. The molecule has 2 amide bonds. The van der Waals surface area contributed by atoms with Gasteiger partial charge in [0.15, 0.2) is 11.6 Å². The number of nitro groups is 1. The number of likely N-dealkylation sites (N-methyl/N-ethyl adjacent to an activating group) is 1. The number of nitrogens with zero attached hydrogens (tertiary/aromatic N) is 4. The van der Waals surface area contributed by atoms with Crippen molar-refractivity contribution >= 4 is 62.5 Å². The first kappa shape index (κ1) is 49.7. The molecule has 0 radical (unpaired) electrons. The van der Waals surface area contributed by atoms with Gasteiger partial charge in [-0.1, -0.05) is 59.2 Å². The van der Waals surface area contributed by atoms with Crippen LogP contribution in [0.2, 0.25) is 5.02 Å². The maximum Gasteiger partial charge on any atom is 0.410 e. The summed E-state index contributed by atoms with van der Waals surface area (Å²) in [6.07, 6.45) is 3.58. The number of allylic oxidation sites excluding steroid dienone is 3. The Bertz CT molecular complexity index is 2160. The Kier molecular flexibility index (Phi) is 15.3. The lowest BCUT2D eigenvalue weighted by Gasteiger charge is -2.49. The molecule has 3 aliphatic rings. The van der Waals surface area contributed by atoms with Gasteiger partial charge >= 0.3 is 12.1 Å². The Balaban J connectivity index is 1.39. The third-order valence-corrected chi connectivity index (χ3v) is 15.5. The Hall–Kier alpha value is -4.33. The van der Waals surface area contributed by atoms with E-state index in [4.69, 9.17) is 35.3 Å². The van der Waals surface area contributed by atoms with Crippen LogP contribution in [0.15, 0.2) is 71.8 Å². The Morgan fingerprint density at radius 2 is 1.97 bits per heavy atom. The highest BCUT2D eigenvalue weighted by Crippen LogP contribution is 2.52. The summed E-state index contributed by atoms with van der Waals surface area (Å²) < 4.78 is 29.7. The first-order valence-electron chi connectivity index (χ1n) is 20.4. The molecule has 2 fully saturated rings. The summed E-state index contributed by atoms with van der Waals surface area (Å²) in [7, 11) is 7.17. The van der Waals surface area contributed by atoms with Crippen molar-refractivity contribution in [2.24, 2.45) is 5.92 Å². The number of carbonyl (C=O) groups excluding carboxylic acids is 3. The number of aryl methyl sites for hydroxylation is 1. The minimum atomic E-state index is -1.64. The molecule has 2 N–H and O–H groups in total. The van der Waals surface area contributed by atoms with Crippen LogP contribution in [-0.2, 0) is 39.7 Å². The van der Waals surface area contributed by atoms with E-state index in [0.717, 1.165) is 21.6 Å². The molecule has 2 saturated heterocycles. The summed E-state index contributed by atoms with van der Waals surface area (Å²) in [6, 6.07) is 5.57. The normalized spacial score (nSPS) is 29.5. The average molecular weight is 933 g/mol. The molecule has 344 valence electrons. The monoisotopic (exact) mass is 931 g/mol. The van der Waals surface area contributed by atoms with Gasteiger partial charge < -0.3 is 39.0 Å². The summed E-state index contributed by atoms with van der Waals surface area (Å²) in [6.45, 7) is 18.5. The summed E-state index contributed by atoms with van der Waals surface area (Å²) in [5.41, 5.74) is -0.910. The molecule has 5 rings (SSSR count). The van der Waals surface area contributed by atoms with Gasteiger partial charge in [-0.2, -0.15) is 0 Å². The zero-order chi connectivity index (χ0) is 46.8. The number of benzene rings is 1. The van der Waals surface area contributed by atoms with E-state index in [1.807, 2.05) is 65.8 Å². The van der Waals surface area contributed by atoms with Gasteiger partial charge in [0.05, 0.1) is 32.9 Å². The molecule has 4 bridgehead atoms. The Morgan fingerprint density at radius 3 is 2.60 bits per heavy atom. The van der Waals surface area contributed by atoms with Gasteiger partial charge in [0.1, 0.15) is 47.3 Å². The summed E-state index contributed by atoms with van der Waals surface area (Å²) >= 11 is 6.83. The fourth-order valence-electron chi connectivity index (χ4n) is 7.70. The van der Waals surface area contributed by atoms with E-state index >= 15 is 0 Å². The van der Waals surface area contributed by atoms with Crippen molar-refractivity contribution in [2.45, 2.75) is 126 Å². The number of ether oxygens (including phenoxy) is 5. The number of hydrogen-bond donors (Lipinski definition) is 2. The number of amides is 2. The number of esters is 1. The van der Waals surface area contributed by atoms with Crippen LogP contribution in [0.5, 0.6) is 0 Å². The first-order valence-corrected chi connectivity index (χ1v) is 22.9. The maximum atomic E-state index is 14.3. The number of halogens is 1. The number of rotatable bonds is 10. The van der Waals surface area contributed by atoms with Crippen molar-refractivity contribution in [3.05, 3.63) is 93.0 Å². The number of fused-ring (bicyclic) bond motifs is 5. The topological polar surface area (TPSA) is 195 Å². The van der Waals surface area contributed by atoms with Crippen molar-refractivity contribution < 1.29 is 48.1 Å². The molecule has 1 aromatic heterocycles. The number of methoxy groups -OCH3 is 1. The van der Waals surface area contributed by atoms with Gasteiger partial charge in [0.2, 0.25) is 5.91 Å². The largest absolute Gasteiger partial charge is 0.473 e. The molecule has 2 aromatic rings. The lowest BCUT2D eigenvalue weighted by atomic mass is 9.75. The van der Waals surface area contributed by atoms with Crippen LogP contribution < -0.4 is 10.2 Å².